The highest BCUT2D eigenvalue weighted by atomic mass is 32.2. The van der Waals surface area contributed by atoms with Gasteiger partial charge in [0, 0.05) is 11.1 Å². The lowest BCUT2D eigenvalue weighted by Crippen LogP contribution is -2.74. The Morgan fingerprint density at radius 3 is 2.06 bits per heavy atom. The molecular weight excluding hydrogens is 685 g/mol. The summed E-state index contributed by atoms with van der Waals surface area (Å²) in [5, 5.41) is 6.12. The molecule has 0 aliphatic carbocycles. The first-order valence-corrected chi connectivity index (χ1v) is 18.4. The van der Waals surface area contributed by atoms with E-state index in [1.54, 1.807) is 26.2 Å². The van der Waals surface area contributed by atoms with Crippen LogP contribution in [0, 0.1) is 0 Å². The van der Waals surface area contributed by atoms with Gasteiger partial charge in [-0.2, -0.15) is 0 Å². The Kier molecular flexibility index (Phi) is 10.8. The lowest BCUT2D eigenvalue weighted by molar-refractivity contribution is -0.167. The number of nitrogens with one attached hydrogen (secondary N) is 3. The zero-order chi connectivity index (χ0) is 36.2. The van der Waals surface area contributed by atoms with E-state index in [1.165, 1.54) is 48.0 Å². The van der Waals surface area contributed by atoms with Gasteiger partial charge in [0.1, 0.15) is 28.8 Å². The molecule has 15 heteroatoms. The smallest absolute Gasteiger partial charge is 0.408 e. The van der Waals surface area contributed by atoms with Crippen molar-refractivity contribution in [3.8, 4) is 0 Å². The minimum absolute atomic E-state index is 0.158. The molecule has 0 bridgehead atoms. The molecule has 2 aliphatic rings. The lowest BCUT2D eigenvalue weighted by atomic mass is 9.99. The summed E-state index contributed by atoms with van der Waals surface area (Å²) in [6, 6.07) is 20.6. The number of β-lactam (4-membered cyclic amide) rings is 1. The summed E-state index contributed by atoms with van der Waals surface area (Å²) in [7, 11) is -2.26. The Balaban J connectivity index is 1.38. The summed E-state index contributed by atoms with van der Waals surface area (Å²) in [4.78, 5) is 55.6. The van der Waals surface area contributed by atoms with Crippen LogP contribution in [0.3, 0.4) is 0 Å². The van der Waals surface area contributed by atoms with Crippen LogP contribution in [0.5, 0.6) is 0 Å². The molecule has 0 spiro atoms. The summed E-state index contributed by atoms with van der Waals surface area (Å²) in [5.74, 6) is -1.85. The zero-order valence-electron chi connectivity index (χ0n) is 28.0. The van der Waals surface area contributed by atoms with Crippen LogP contribution in [0.25, 0.3) is 0 Å². The predicted molar refractivity (Wildman–Crippen MR) is 187 cm³/mol. The number of amides is 3. The number of carbonyl (C=O) groups is 4. The molecule has 264 valence electrons. The second-order valence-corrected chi connectivity index (χ2v) is 15.3. The number of rotatable bonds is 11. The minimum atomic E-state index is -3.65. The van der Waals surface area contributed by atoms with E-state index in [0.717, 1.165) is 17.4 Å². The first-order valence-electron chi connectivity index (χ1n) is 15.5. The van der Waals surface area contributed by atoms with Crippen molar-refractivity contribution in [1.29, 1.82) is 0 Å². The standard InChI is InChI=1S/C35H38N4O9S2/c1-35(2,3)48-34(43)37-26(23-17-12-18-24(19-23)38-50(5,44)45)30(40)36-27-31(41)39-28(25(46-4)20-49-32(27)39)33(42)47-29(21-13-8-6-9-14-21)22-15-10-7-11-16-22/h6-20,26-29,32,38H,1-5H3,(H,36,40)(H,37,43)/t26?,27-,28-,32-/m1/s1. The summed E-state index contributed by atoms with van der Waals surface area (Å²) in [6.07, 6.45) is -0.695. The molecule has 4 atom stereocenters. The van der Waals surface area contributed by atoms with Crippen LogP contribution in [0.15, 0.2) is 96.1 Å². The number of ether oxygens (including phenoxy) is 3. The number of hydrogen-bond acceptors (Lipinski definition) is 10. The zero-order valence-corrected chi connectivity index (χ0v) is 29.6. The fourth-order valence-corrected chi connectivity index (χ4v) is 7.24. The number of hydrogen-bond donors (Lipinski definition) is 3. The normalized spacial score (nSPS) is 19.2. The van der Waals surface area contributed by atoms with Crippen molar-refractivity contribution in [2.45, 2.75) is 56.0 Å². The predicted octanol–water partition coefficient (Wildman–Crippen LogP) is 4.21. The van der Waals surface area contributed by atoms with Crippen LogP contribution in [0.2, 0.25) is 0 Å². The Morgan fingerprint density at radius 1 is 0.900 bits per heavy atom. The molecule has 0 aromatic heterocycles. The number of anilines is 1. The fourth-order valence-electron chi connectivity index (χ4n) is 5.49. The quantitative estimate of drug-likeness (QED) is 0.193. The highest BCUT2D eigenvalue weighted by molar-refractivity contribution is 8.02. The topological polar surface area (TPSA) is 169 Å². The van der Waals surface area contributed by atoms with Gasteiger partial charge < -0.3 is 29.7 Å². The van der Waals surface area contributed by atoms with Gasteiger partial charge in [-0.25, -0.2) is 18.0 Å². The van der Waals surface area contributed by atoms with E-state index in [1.807, 2.05) is 60.7 Å². The number of alkyl carbamates (subject to hydrolysis) is 1. The molecule has 2 heterocycles. The van der Waals surface area contributed by atoms with Crippen molar-refractivity contribution >= 4 is 51.3 Å². The number of benzene rings is 3. The molecule has 1 saturated heterocycles. The van der Waals surface area contributed by atoms with Gasteiger partial charge in [0.25, 0.3) is 0 Å². The van der Waals surface area contributed by atoms with E-state index in [-0.39, 0.29) is 17.0 Å². The number of nitrogens with zero attached hydrogens (tertiary/aromatic N) is 1. The fraction of sp³-hybridized carbons (Fsp3) is 0.314. The molecule has 1 fully saturated rings. The van der Waals surface area contributed by atoms with Gasteiger partial charge >= 0.3 is 12.1 Å². The van der Waals surface area contributed by atoms with Crippen molar-refractivity contribution in [3.63, 3.8) is 0 Å². The molecular formula is C35H38N4O9S2. The van der Waals surface area contributed by atoms with Gasteiger partial charge in [-0.05, 0) is 49.6 Å². The first-order chi connectivity index (χ1) is 23.6. The third-order valence-electron chi connectivity index (χ3n) is 7.59. The van der Waals surface area contributed by atoms with Gasteiger partial charge in [0.15, 0.2) is 12.1 Å². The van der Waals surface area contributed by atoms with Gasteiger partial charge in [-0.15, -0.1) is 11.8 Å². The van der Waals surface area contributed by atoms with Gasteiger partial charge in [-0.3, -0.25) is 14.3 Å². The lowest BCUT2D eigenvalue weighted by Gasteiger charge is -2.51. The Labute approximate surface area is 294 Å². The van der Waals surface area contributed by atoms with Crippen LogP contribution >= 0.6 is 11.8 Å². The molecule has 0 radical (unpaired) electrons. The van der Waals surface area contributed by atoms with Crippen molar-refractivity contribution in [1.82, 2.24) is 15.5 Å². The number of sulfonamides is 1. The molecule has 0 saturated carbocycles. The highest BCUT2D eigenvalue weighted by Gasteiger charge is 2.57. The van der Waals surface area contributed by atoms with Crippen molar-refractivity contribution in [2.24, 2.45) is 0 Å². The number of thioether (sulfide) groups is 1. The maximum atomic E-state index is 13.9. The Morgan fingerprint density at radius 2 is 1.50 bits per heavy atom. The highest BCUT2D eigenvalue weighted by Crippen LogP contribution is 2.41. The van der Waals surface area contributed by atoms with E-state index in [2.05, 4.69) is 15.4 Å². The molecule has 2 aliphatic heterocycles. The van der Waals surface area contributed by atoms with E-state index in [4.69, 9.17) is 14.2 Å². The number of esters is 1. The summed E-state index contributed by atoms with van der Waals surface area (Å²) < 4.78 is 43.0. The third kappa shape index (κ3) is 8.58. The van der Waals surface area contributed by atoms with Gasteiger partial charge in [-0.1, -0.05) is 72.8 Å². The van der Waals surface area contributed by atoms with Crippen molar-refractivity contribution in [3.05, 3.63) is 113 Å². The number of carbonyl (C=O) groups excluding carboxylic acids is 4. The Hall–Kier alpha value is -5.02. The van der Waals surface area contributed by atoms with Crippen molar-refractivity contribution < 1.29 is 41.8 Å². The molecule has 1 unspecified atom stereocenters. The molecule has 5 rings (SSSR count). The maximum Gasteiger partial charge on any atom is 0.408 e. The summed E-state index contributed by atoms with van der Waals surface area (Å²) in [5.41, 5.74) is 0.957. The molecule has 3 N–H and O–H groups in total. The number of methoxy groups -OCH3 is 1. The van der Waals surface area contributed by atoms with Crippen LogP contribution in [-0.4, -0.2) is 73.6 Å². The minimum Gasteiger partial charge on any atom is -0.498 e. The maximum absolute atomic E-state index is 13.9. The van der Waals surface area contributed by atoms with E-state index >= 15 is 0 Å². The third-order valence-corrected chi connectivity index (χ3v) is 9.35. The molecule has 3 aromatic carbocycles. The second kappa shape index (κ2) is 14.8. The molecule has 3 amide bonds. The van der Waals surface area contributed by atoms with Crippen LogP contribution in [-0.2, 0) is 38.6 Å². The molecule has 13 nitrogen and oxygen atoms in total. The van der Waals surface area contributed by atoms with Crippen molar-refractivity contribution in [2.75, 3.05) is 18.1 Å². The average Bonchev–Trinajstić information content (AvgIpc) is 3.06. The first kappa shape index (κ1) is 36.3. The van der Waals surface area contributed by atoms with Crippen LogP contribution in [0.1, 0.15) is 49.6 Å². The second-order valence-electron chi connectivity index (χ2n) is 12.6. The average molecular weight is 723 g/mol. The Bertz CT molecular complexity index is 1840. The summed E-state index contributed by atoms with van der Waals surface area (Å²) in [6.45, 7) is 4.97. The SMILES string of the molecule is COC1=CS[C@@H]2[C@H](NC(=O)C(NC(=O)OC(C)(C)C)c3cccc(NS(C)(=O)=O)c3)C(=O)N2[C@H]1C(=O)OC(c1ccccc1)c1ccccc1. The number of fused-ring (bicyclic) bond motifs is 1. The van der Waals surface area contributed by atoms with E-state index in [9.17, 15) is 27.6 Å². The van der Waals surface area contributed by atoms with Gasteiger partial charge in [0.05, 0.1) is 13.4 Å². The van der Waals surface area contributed by atoms with Crippen LogP contribution < -0.4 is 15.4 Å². The van der Waals surface area contributed by atoms with Crippen LogP contribution in [0.4, 0.5) is 10.5 Å². The molecule has 50 heavy (non-hydrogen) atoms. The monoisotopic (exact) mass is 722 g/mol. The molecule has 3 aromatic rings. The summed E-state index contributed by atoms with van der Waals surface area (Å²) >= 11 is 1.18. The van der Waals surface area contributed by atoms with E-state index < -0.39 is 69.1 Å². The van der Waals surface area contributed by atoms with E-state index in [0.29, 0.717) is 0 Å². The largest absolute Gasteiger partial charge is 0.498 e. The van der Waals surface area contributed by atoms with Gasteiger partial charge in [0.2, 0.25) is 21.8 Å².